The Morgan fingerprint density at radius 1 is 1.55 bits per heavy atom. The Bertz CT molecular complexity index is 650. The Morgan fingerprint density at radius 2 is 2.35 bits per heavy atom. The molecule has 0 unspecified atom stereocenters. The number of carbonyl (C=O) groups excluding carboxylic acids is 1. The standard InChI is InChI=1S/C13H17N3O3S/c1-16(6-3-4-11(17)19-2)8-10-14-9-5-7-20-12(9)13(18)15-10/h5,7H,3-4,6,8H2,1-2H3,(H,14,15,18). The van der Waals surface area contributed by atoms with Crippen molar-refractivity contribution in [3.05, 3.63) is 27.6 Å². The van der Waals surface area contributed by atoms with Crippen LogP contribution in [0.5, 0.6) is 0 Å². The number of nitrogens with one attached hydrogen (secondary N) is 1. The van der Waals surface area contributed by atoms with Crippen LogP contribution in [0.3, 0.4) is 0 Å². The number of H-pyrrole nitrogens is 1. The Kier molecular flexibility index (Phi) is 4.86. The number of hydrogen-bond acceptors (Lipinski definition) is 6. The zero-order chi connectivity index (χ0) is 14.5. The fourth-order valence-electron chi connectivity index (χ4n) is 1.93. The number of fused-ring (bicyclic) bond motifs is 1. The molecule has 0 saturated heterocycles. The molecule has 0 bridgehead atoms. The summed E-state index contributed by atoms with van der Waals surface area (Å²) in [5.41, 5.74) is 0.639. The van der Waals surface area contributed by atoms with Crippen molar-refractivity contribution in [3.63, 3.8) is 0 Å². The normalized spacial score (nSPS) is 11.2. The van der Waals surface area contributed by atoms with Crippen LogP contribution < -0.4 is 5.56 Å². The first-order valence-corrected chi connectivity index (χ1v) is 7.20. The molecule has 0 amide bonds. The molecule has 0 aliphatic heterocycles. The maximum Gasteiger partial charge on any atom is 0.305 e. The minimum Gasteiger partial charge on any atom is -0.469 e. The van der Waals surface area contributed by atoms with Gasteiger partial charge in [0, 0.05) is 6.42 Å². The molecule has 0 atom stereocenters. The molecule has 0 aliphatic carbocycles. The van der Waals surface area contributed by atoms with E-state index in [0.717, 1.165) is 12.1 Å². The number of aromatic amines is 1. The minimum absolute atomic E-state index is 0.0945. The summed E-state index contributed by atoms with van der Waals surface area (Å²) in [5, 5.41) is 1.86. The molecule has 2 aromatic rings. The lowest BCUT2D eigenvalue weighted by molar-refractivity contribution is -0.140. The second-order valence-electron chi connectivity index (χ2n) is 4.57. The molecule has 2 heterocycles. The monoisotopic (exact) mass is 295 g/mol. The second-order valence-corrected chi connectivity index (χ2v) is 5.48. The van der Waals surface area contributed by atoms with Gasteiger partial charge in [0.05, 0.1) is 19.2 Å². The van der Waals surface area contributed by atoms with E-state index in [-0.39, 0.29) is 11.5 Å². The van der Waals surface area contributed by atoms with Crippen molar-refractivity contribution in [2.24, 2.45) is 0 Å². The molecule has 2 aromatic heterocycles. The highest BCUT2D eigenvalue weighted by Crippen LogP contribution is 2.14. The Balaban J connectivity index is 1.94. The van der Waals surface area contributed by atoms with Crippen LogP contribution in [-0.4, -0.2) is 41.5 Å². The molecule has 0 aliphatic rings. The average Bonchev–Trinajstić information content (AvgIpc) is 2.87. The molecule has 7 heteroatoms. The Hall–Kier alpha value is -1.73. The third-order valence-corrected chi connectivity index (χ3v) is 3.83. The molecule has 0 fully saturated rings. The SMILES string of the molecule is COC(=O)CCCN(C)Cc1nc2ccsc2c(=O)[nH]1. The van der Waals surface area contributed by atoms with Gasteiger partial charge in [-0.25, -0.2) is 4.98 Å². The van der Waals surface area contributed by atoms with Gasteiger partial charge in [-0.05, 0) is 31.5 Å². The van der Waals surface area contributed by atoms with Crippen LogP contribution in [0, 0.1) is 0 Å². The average molecular weight is 295 g/mol. The molecule has 0 spiro atoms. The van der Waals surface area contributed by atoms with Gasteiger partial charge in [-0.2, -0.15) is 0 Å². The summed E-state index contributed by atoms with van der Waals surface area (Å²) in [4.78, 5) is 32.1. The van der Waals surface area contributed by atoms with Gasteiger partial charge in [0.2, 0.25) is 0 Å². The number of ether oxygens (including phenoxy) is 1. The zero-order valence-corrected chi connectivity index (χ0v) is 12.3. The first-order chi connectivity index (χ1) is 9.60. The van der Waals surface area contributed by atoms with E-state index in [2.05, 4.69) is 14.7 Å². The smallest absolute Gasteiger partial charge is 0.305 e. The van der Waals surface area contributed by atoms with Gasteiger partial charge in [0.15, 0.2) is 0 Å². The lowest BCUT2D eigenvalue weighted by Crippen LogP contribution is -2.23. The quantitative estimate of drug-likeness (QED) is 0.815. The first-order valence-electron chi connectivity index (χ1n) is 6.32. The van der Waals surface area contributed by atoms with Crippen molar-refractivity contribution >= 4 is 27.5 Å². The summed E-state index contributed by atoms with van der Waals surface area (Å²) < 4.78 is 5.24. The van der Waals surface area contributed by atoms with Gasteiger partial charge < -0.3 is 9.72 Å². The van der Waals surface area contributed by atoms with E-state index >= 15 is 0 Å². The summed E-state index contributed by atoms with van der Waals surface area (Å²) in [6, 6.07) is 1.84. The minimum atomic E-state index is -0.204. The number of carbonyl (C=O) groups is 1. The first kappa shape index (κ1) is 14.7. The van der Waals surface area contributed by atoms with Crippen molar-refractivity contribution < 1.29 is 9.53 Å². The van der Waals surface area contributed by atoms with Gasteiger partial charge >= 0.3 is 5.97 Å². The van der Waals surface area contributed by atoms with E-state index < -0.39 is 0 Å². The topological polar surface area (TPSA) is 75.3 Å². The van der Waals surface area contributed by atoms with E-state index in [0.29, 0.717) is 29.9 Å². The van der Waals surface area contributed by atoms with Crippen LogP contribution in [0.2, 0.25) is 0 Å². The second kappa shape index (κ2) is 6.62. The molecule has 2 rings (SSSR count). The summed E-state index contributed by atoms with van der Waals surface area (Å²) >= 11 is 1.39. The summed E-state index contributed by atoms with van der Waals surface area (Å²) in [6.45, 7) is 1.28. The Labute approximate surface area is 120 Å². The summed E-state index contributed by atoms with van der Waals surface area (Å²) in [6.07, 6.45) is 1.11. The van der Waals surface area contributed by atoms with E-state index in [1.807, 2.05) is 23.4 Å². The van der Waals surface area contributed by atoms with Crippen LogP contribution in [0.1, 0.15) is 18.7 Å². The summed E-state index contributed by atoms with van der Waals surface area (Å²) in [5.74, 6) is 0.436. The third-order valence-electron chi connectivity index (χ3n) is 2.93. The fraction of sp³-hybridized carbons (Fsp3) is 0.462. The molecule has 0 saturated carbocycles. The number of rotatable bonds is 6. The predicted molar refractivity (Wildman–Crippen MR) is 77.8 cm³/mol. The van der Waals surface area contributed by atoms with Gasteiger partial charge in [-0.3, -0.25) is 14.5 Å². The maximum atomic E-state index is 11.8. The highest BCUT2D eigenvalue weighted by atomic mass is 32.1. The van der Waals surface area contributed by atoms with Crippen molar-refractivity contribution in [1.82, 2.24) is 14.9 Å². The van der Waals surface area contributed by atoms with Crippen molar-refractivity contribution in [2.45, 2.75) is 19.4 Å². The molecule has 108 valence electrons. The number of hydrogen-bond donors (Lipinski definition) is 1. The van der Waals surface area contributed by atoms with Crippen LogP contribution in [0.15, 0.2) is 16.2 Å². The number of methoxy groups -OCH3 is 1. The lowest BCUT2D eigenvalue weighted by Gasteiger charge is -2.15. The largest absolute Gasteiger partial charge is 0.469 e. The molecule has 1 N–H and O–H groups in total. The van der Waals surface area contributed by atoms with Crippen molar-refractivity contribution in [1.29, 1.82) is 0 Å². The zero-order valence-electron chi connectivity index (χ0n) is 11.5. The van der Waals surface area contributed by atoms with Gasteiger partial charge in [-0.1, -0.05) is 0 Å². The van der Waals surface area contributed by atoms with Crippen LogP contribution >= 0.6 is 11.3 Å². The molecular formula is C13H17N3O3S. The van der Waals surface area contributed by atoms with Crippen LogP contribution in [0.25, 0.3) is 10.2 Å². The lowest BCUT2D eigenvalue weighted by atomic mass is 10.3. The van der Waals surface area contributed by atoms with E-state index in [4.69, 9.17) is 0 Å². The van der Waals surface area contributed by atoms with Crippen molar-refractivity contribution in [2.75, 3.05) is 20.7 Å². The van der Waals surface area contributed by atoms with Gasteiger partial charge in [-0.15, -0.1) is 11.3 Å². The van der Waals surface area contributed by atoms with E-state index in [9.17, 15) is 9.59 Å². The van der Waals surface area contributed by atoms with E-state index in [1.54, 1.807) is 0 Å². The summed E-state index contributed by atoms with van der Waals surface area (Å²) in [7, 11) is 3.31. The molecule has 6 nitrogen and oxygen atoms in total. The molecule has 20 heavy (non-hydrogen) atoms. The maximum absolute atomic E-state index is 11.8. The number of nitrogens with zero attached hydrogens (tertiary/aromatic N) is 2. The van der Waals surface area contributed by atoms with Crippen molar-refractivity contribution in [3.8, 4) is 0 Å². The highest BCUT2D eigenvalue weighted by Gasteiger charge is 2.08. The number of aromatic nitrogens is 2. The Morgan fingerprint density at radius 3 is 3.10 bits per heavy atom. The van der Waals surface area contributed by atoms with Gasteiger partial charge in [0.1, 0.15) is 10.5 Å². The number of thiophene rings is 1. The molecule has 0 radical (unpaired) electrons. The number of esters is 1. The van der Waals surface area contributed by atoms with Crippen LogP contribution in [0.4, 0.5) is 0 Å². The van der Waals surface area contributed by atoms with Gasteiger partial charge in [0.25, 0.3) is 5.56 Å². The predicted octanol–water partition coefficient (Wildman–Crippen LogP) is 1.37. The van der Waals surface area contributed by atoms with E-state index in [1.165, 1.54) is 18.4 Å². The fourth-order valence-corrected chi connectivity index (χ4v) is 2.65. The highest BCUT2D eigenvalue weighted by molar-refractivity contribution is 7.17. The third kappa shape index (κ3) is 3.64. The molecular weight excluding hydrogens is 278 g/mol. The van der Waals surface area contributed by atoms with Crippen LogP contribution in [-0.2, 0) is 16.1 Å². The molecule has 0 aromatic carbocycles.